The number of nitriles is 1. The third-order valence-electron chi connectivity index (χ3n) is 3.98. The second-order valence-corrected chi connectivity index (χ2v) is 5.12. The van der Waals surface area contributed by atoms with Crippen LogP contribution in [0.5, 0.6) is 0 Å². The predicted molar refractivity (Wildman–Crippen MR) is 67.0 cm³/mol. The van der Waals surface area contributed by atoms with Crippen molar-refractivity contribution in [2.45, 2.75) is 45.1 Å². The van der Waals surface area contributed by atoms with E-state index in [-0.39, 0.29) is 0 Å². The van der Waals surface area contributed by atoms with Crippen LogP contribution in [0.1, 0.15) is 43.0 Å². The number of hydrogen-bond acceptors (Lipinski definition) is 3. The van der Waals surface area contributed by atoms with Crippen LogP contribution >= 0.6 is 0 Å². The van der Waals surface area contributed by atoms with Crippen LogP contribution in [-0.2, 0) is 12.8 Å². The minimum absolute atomic E-state index is 0.522. The van der Waals surface area contributed by atoms with E-state index in [0.717, 1.165) is 30.8 Å². The monoisotopic (exact) mass is 227 g/mol. The zero-order valence-electron chi connectivity index (χ0n) is 10.2. The van der Waals surface area contributed by atoms with Crippen LogP contribution in [0.2, 0.25) is 0 Å². The van der Waals surface area contributed by atoms with Crippen LogP contribution in [0.4, 0.5) is 5.82 Å². The minimum Gasteiger partial charge on any atom is -0.353 e. The molecule has 17 heavy (non-hydrogen) atoms. The van der Waals surface area contributed by atoms with Crippen molar-refractivity contribution >= 4 is 5.82 Å². The van der Waals surface area contributed by atoms with Gasteiger partial charge in [0.25, 0.3) is 0 Å². The molecule has 3 nitrogen and oxygen atoms in total. The Bertz CT molecular complexity index is 487. The zero-order valence-corrected chi connectivity index (χ0v) is 10.2. The van der Waals surface area contributed by atoms with Gasteiger partial charge in [-0.2, -0.15) is 5.26 Å². The summed E-state index contributed by atoms with van der Waals surface area (Å²) in [7, 11) is 0. The van der Waals surface area contributed by atoms with Gasteiger partial charge < -0.3 is 4.90 Å². The van der Waals surface area contributed by atoms with Gasteiger partial charge in [-0.15, -0.1) is 0 Å². The largest absolute Gasteiger partial charge is 0.353 e. The first-order valence-corrected chi connectivity index (χ1v) is 6.49. The van der Waals surface area contributed by atoms with Crippen molar-refractivity contribution in [2.24, 2.45) is 0 Å². The molecule has 1 aliphatic heterocycles. The smallest absolute Gasteiger partial charge is 0.147 e. The Labute approximate surface area is 102 Å². The average molecular weight is 227 g/mol. The van der Waals surface area contributed by atoms with Crippen molar-refractivity contribution in [1.82, 2.24) is 4.98 Å². The normalized spacial score (nSPS) is 22.6. The minimum atomic E-state index is 0.522. The standard InChI is InChI=1S/C14H17N3/c1-10-4-3-7-17(10)14-12(9-15)8-11-5-2-6-13(11)16-14/h8,10H,2-7H2,1H3. The SMILES string of the molecule is CC1CCCN1c1nc2c(cc1C#N)CCC2. The first-order chi connectivity index (χ1) is 8.29. The number of aryl methyl sites for hydroxylation is 2. The molecule has 88 valence electrons. The molecule has 2 heterocycles. The first kappa shape index (κ1) is 10.6. The Kier molecular flexibility index (Phi) is 2.51. The van der Waals surface area contributed by atoms with Gasteiger partial charge in [0, 0.05) is 18.3 Å². The molecule has 0 bridgehead atoms. The third-order valence-corrected chi connectivity index (χ3v) is 3.98. The Morgan fingerprint density at radius 1 is 1.41 bits per heavy atom. The van der Waals surface area contributed by atoms with E-state index in [1.807, 2.05) is 0 Å². The van der Waals surface area contributed by atoms with Gasteiger partial charge in [-0.05, 0) is 50.7 Å². The van der Waals surface area contributed by atoms with Crippen LogP contribution in [0.15, 0.2) is 6.07 Å². The number of fused-ring (bicyclic) bond motifs is 1. The number of rotatable bonds is 1. The summed E-state index contributed by atoms with van der Waals surface area (Å²) >= 11 is 0. The highest BCUT2D eigenvalue weighted by atomic mass is 15.2. The van der Waals surface area contributed by atoms with E-state index in [0.29, 0.717) is 6.04 Å². The maximum atomic E-state index is 9.28. The molecular formula is C14H17N3. The van der Waals surface area contributed by atoms with Gasteiger partial charge in [-0.3, -0.25) is 0 Å². The Balaban J connectivity index is 2.06. The Morgan fingerprint density at radius 3 is 3.00 bits per heavy atom. The van der Waals surface area contributed by atoms with Crippen LogP contribution in [-0.4, -0.2) is 17.6 Å². The van der Waals surface area contributed by atoms with Gasteiger partial charge in [-0.25, -0.2) is 4.98 Å². The molecule has 0 saturated carbocycles. The molecule has 3 heteroatoms. The fraction of sp³-hybridized carbons (Fsp3) is 0.571. The molecule has 0 spiro atoms. The van der Waals surface area contributed by atoms with E-state index in [4.69, 9.17) is 4.98 Å². The van der Waals surface area contributed by atoms with Crippen LogP contribution in [0.25, 0.3) is 0 Å². The fourth-order valence-corrected chi connectivity index (χ4v) is 3.01. The summed E-state index contributed by atoms with van der Waals surface area (Å²) in [5.74, 6) is 0.929. The lowest BCUT2D eigenvalue weighted by molar-refractivity contribution is 0.724. The highest BCUT2D eigenvalue weighted by molar-refractivity contribution is 5.57. The summed E-state index contributed by atoms with van der Waals surface area (Å²) in [6.07, 6.45) is 5.78. The van der Waals surface area contributed by atoms with Gasteiger partial charge >= 0.3 is 0 Å². The lowest BCUT2D eigenvalue weighted by atomic mass is 10.1. The molecule has 0 aromatic carbocycles. The number of hydrogen-bond donors (Lipinski definition) is 0. The molecule has 0 radical (unpaired) electrons. The van der Waals surface area contributed by atoms with Crippen molar-refractivity contribution in [3.05, 3.63) is 22.9 Å². The lowest BCUT2D eigenvalue weighted by Gasteiger charge is -2.24. The Hall–Kier alpha value is -1.56. The van der Waals surface area contributed by atoms with Crippen molar-refractivity contribution in [1.29, 1.82) is 5.26 Å². The lowest BCUT2D eigenvalue weighted by Crippen LogP contribution is -2.28. The molecule has 1 aromatic heterocycles. The molecule has 1 saturated heterocycles. The van der Waals surface area contributed by atoms with Crippen molar-refractivity contribution in [3.8, 4) is 6.07 Å². The summed E-state index contributed by atoms with van der Waals surface area (Å²) < 4.78 is 0. The molecule has 1 aliphatic carbocycles. The molecule has 3 rings (SSSR count). The molecule has 1 unspecified atom stereocenters. The van der Waals surface area contributed by atoms with Crippen molar-refractivity contribution in [2.75, 3.05) is 11.4 Å². The van der Waals surface area contributed by atoms with E-state index in [2.05, 4.69) is 24.0 Å². The summed E-state index contributed by atoms with van der Waals surface area (Å²) in [4.78, 5) is 7.06. The van der Waals surface area contributed by atoms with E-state index in [9.17, 15) is 5.26 Å². The van der Waals surface area contributed by atoms with Crippen LogP contribution < -0.4 is 4.90 Å². The highest BCUT2D eigenvalue weighted by Crippen LogP contribution is 2.30. The van der Waals surface area contributed by atoms with E-state index in [1.165, 1.54) is 30.5 Å². The molecule has 0 amide bonds. The maximum absolute atomic E-state index is 9.28. The molecule has 0 N–H and O–H groups in total. The number of nitrogens with zero attached hydrogens (tertiary/aromatic N) is 3. The average Bonchev–Trinajstić information content (AvgIpc) is 2.94. The van der Waals surface area contributed by atoms with Crippen molar-refractivity contribution < 1.29 is 0 Å². The Morgan fingerprint density at radius 2 is 2.29 bits per heavy atom. The zero-order chi connectivity index (χ0) is 11.8. The number of pyridine rings is 1. The number of aromatic nitrogens is 1. The van der Waals surface area contributed by atoms with Gasteiger partial charge in [0.2, 0.25) is 0 Å². The molecular weight excluding hydrogens is 210 g/mol. The summed E-state index contributed by atoms with van der Waals surface area (Å²) in [6.45, 7) is 3.27. The van der Waals surface area contributed by atoms with E-state index < -0.39 is 0 Å². The molecule has 1 fully saturated rings. The maximum Gasteiger partial charge on any atom is 0.147 e. The topological polar surface area (TPSA) is 39.9 Å². The number of anilines is 1. The van der Waals surface area contributed by atoms with E-state index >= 15 is 0 Å². The molecule has 1 aromatic rings. The third kappa shape index (κ3) is 1.68. The summed E-state index contributed by atoms with van der Waals surface area (Å²) in [5, 5.41) is 9.28. The summed E-state index contributed by atoms with van der Waals surface area (Å²) in [5.41, 5.74) is 3.27. The second kappa shape index (κ2) is 4.03. The van der Waals surface area contributed by atoms with Crippen LogP contribution in [0, 0.1) is 11.3 Å². The van der Waals surface area contributed by atoms with Crippen molar-refractivity contribution in [3.63, 3.8) is 0 Å². The second-order valence-electron chi connectivity index (χ2n) is 5.12. The van der Waals surface area contributed by atoms with Gasteiger partial charge in [0.15, 0.2) is 0 Å². The van der Waals surface area contributed by atoms with Crippen LogP contribution in [0.3, 0.4) is 0 Å². The quantitative estimate of drug-likeness (QED) is 0.739. The summed E-state index contributed by atoms with van der Waals surface area (Å²) in [6, 6.07) is 4.91. The predicted octanol–water partition coefficient (Wildman–Crippen LogP) is 2.43. The van der Waals surface area contributed by atoms with Gasteiger partial charge in [-0.1, -0.05) is 0 Å². The van der Waals surface area contributed by atoms with E-state index in [1.54, 1.807) is 0 Å². The first-order valence-electron chi connectivity index (χ1n) is 6.49. The molecule has 2 aliphatic rings. The van der Waals surface area contributed by atoms with Gasteiger partial charge in [0.05, 0.1) is 5.56 Å². The van der Waals surface area contributed by atoms with Gasteiger partial charge in [0.1, 0.15) is 11.9 Å². The fourth-order valence-electron chi connectivity index (χ4n) is 3.01. The highest BCUT2D eigenvalue weighted by Gasteiger charge is 2.26. The molecule has 1 atom stereocenters.